The summed E-state index contributed by atoms with van der Waals surface area (Å²) < 4.78 is 91.4. The van der Waals surface area contributed by atoms with E-state index in [0.29, 0.717) is 37.1 Å². The molecule has 1 aliphatic heterocycles. The molecule has 5 nitrogen and oxygen atoms in total. The number of nitrogens with zero attached hydrogens (tertiary/aromatic N) is 1. The zero-order chi connectivity index (χ0) is 28.5. The predicted molar refractivity (Wildman–Crippen MR) is 131 cm³/mol. The normalized spacial score (nSPS) is 20.4. The number of hydrogen-bond acceptors (Lipinski definition) is 4. The van der Waals surface area contributed by atoms with Gasteiger partial charge >= 0.3 is 18.4 Å². The number of aliphatic hydroxyl groups excluding tert-OH is 1. The molecule has 39 heavy (non-hydrogen) atoms. The van der Waals surface area contributed by atoms with Crippen molar-refractivity contribution in [1.82, 2.24) is 4.90 Å². The summed E-state index contributed by atoms with van der Waals surface area (Å²) in [4.78, 5) is 14.2. The number of cyclic esters (lactones) is 1. The summed E-state index contributed by atoms with van der Waals surface area (Å²) in [6.45, 7) is 1.64. The predicted octanol–water partition coefficient (Wildman–Crippen LogP) is 7.18. The second-order valence-corrected chi connectivity index (χ2v) is 9.81. The first-order chi connectivity index (χ1) is 18.3. The molecule has 1 aliphatic carbocycles. The maximum atomic E-state index is 13.4. The molecule has 212 valence electrons. The first-order valence-corrected chi connectivity index (χ1v) is 12.6. The van der Waals surface area contributed by atoms with Crippen molar-refractivity contribution in [3.63, 3.8) is 0 Å². The van der Waals surface area contributed by atoms with Crippen LogP contribution in [-0.2, 0) is 23.5 Å². The molecule has 11 heteroatoms. The number of halogens is 6. The highest BCUT2D eigenvalue weighted by Gasteiger charge is 2.43. The lowest BCUT2D eigenvalue weighted by Gasteiger charge is -2.28. The summed E-state index contributed by atoms with van der Waals surface area (Å²) >= 11 is 0. The average Bonchev–Trinajstić information content (AvgIpc) is 3.16. The second-order valence-electron chi connectivity index (χ2n) is 9.81. The number of carbonyl (C=O) groups is 1. The van der Waals surface area contributed by atoms with Crippen LogP contribution in [0.4, 0.5) is 31.1 Å². The Hall–Kier alpha value is -3.21. The summed E-state index contributed by atoms with van der Waals surface area (Å²) in [5.41, 5.74) is 0.358. The zero-order valence-electron chi connectivity index (χ0n) is 21.5. The summed E-state index contributed by atoms with van der Waals surface area (Å²) in [6.07, 6.45) is -8.55. The molecule has 2 aliphatic rings. The van der Waals surface area contributed by atoms with Gasteiger partial charge in [-0.1, -0.05) is 6.07 Å². The van der Waals surface area contributed by atoms with Gasteiger partial charge in [0, 0.05) is 18.7 Å². The molecule has 2 atom stereocenters. The third kappa shape index (κ3) is 6.18. The SMILES string of the molecule is COc1ccc(CCO)cc1C1=C(CN2C(=O)O[C@H](c3cc(C(F)(F)F)cc(C(F)(F)F)c3)[C@@H]2C)CCCC1. The van der Waals surface area contributed by atoms with E-state index in [2.05, 4.69) is 0 Å². The van der Waals surface area contributed by atoms with Crippen molar-refractivity contribution in [1.29, 1.82) is 0 Å². The molecule has 4 rings (SSSR count). The van der Waals surface area contributed by atoms with Gasteiger partial charge in [0.15, 0.2) is 0 Å². The molecule has 0 aromatic heterocycles. The molecule has 0 radical (unpaired) electrons. The smallest absolute Gasteiger partial charge is 0.416 e. The lowest BCUT2D eigenvalue weighted by atomic mass is 9.85. The van der Waals surface area contributed by atoms with Crippen LogP contribution in [-0.4, -0.2) is 42.4 Å². The number of benzene rings is 2. The van der Waals surface area contributed by atoms with Gasteiger partial charge in [-0.05, 0) is 91.6 Å². The molecule has 1 amide bonds. The number of amides is 1. The average molecular weight is 558 g/mol. The van der Waals surface area contributed by atoms with Gasteiger partial charge in [0.2, 0.25) is 0 Å². The number of aliphatic hydroxyl groups is 1. The molecule has 1 saturated heterocycles. The fourth-order valence-corrected chi connectivity index (χ4v) is 5.25. The molecule has 2 aromatic carbocycles. The Bertz CT molecular complexity index is 1220. The van der Waals surface area contributed by atoms with Gasteiger partial charge in [0.1, 0.15) is 11.9 Å². The minimum absolute atomic E-state index is 0.0260. The van der Waals surface area contributed by atoms with E-state index in [-0.39, 0.29) is 24.8 Å². The van der Waals surface area contributed by atoms with E-state index in [1.54, 1.807) is 14.0 Å². The van der Waals surface area contributed by atoms with E-state index in [4.69, 9.17) is 9.47 Å². The Balaban J connectivity index is 1.69. The Kier molecular flexibility index (Phi) is 8.20. The lowest BCUT2D eigenvalue weighted by molar-refractivity contribution is -0.143. The van der Waals surface area contributed by atoms with Crippen LogP contribution in [0.2, 0.25) is 0 Å². The molecule has 2 aromatic rings. The van der Waals surface area contributed by atoms with E-state index < -0.39 is 41.7 Å². The molecule has 0 bridgehead atoms. The molecular formula is C28H29F6NO4. The van der Waals surface area contributed by atoms with Gasteiger partial charge in [0.25, 0.3) is 0 Å². The largest absolute Gasteiger partial charge is 0.496 e. The quantitative estimate of drug-likeness (QED) is 0.367. The third-order valence-electron chi connectivity index (χ3n) is 7.26. The van der Waals surface area contributed by atoms with Gasteiger partial charge in [-0.25, -0.2) is 4.79 Å². The molecule has 0 unspecified atom stereocenters. The minimum atomic E-state index is -5.01. The summed E-state index contributed by atoms with van der Waals surface area (Å²) in [5.74, 6) is 0.629. The van der Waals surface area contributed by atoms with Crippen molar-refractivity contribution >= 4 is 11.7 Å². The van der Waals surface area contributed by atoms with Crippen LogP contribution in [0.5, 0.6) is 5.75 Å². The third-order valence-corrected chi connectivity index (χ3v) is 7.26. The maximum absolute atomic E-state index is 13.4. The molecule has 1 N–H and O–H groups in total. The molecule has 1 fully saturated rings. The molecule has 1 heterocycles. The summed E-state index contributed by atoms with van der Waals surface area (Å²) in [5, 5.41) is 9.36. The van der Waals surface area contributed by atoms with Gasteiger partial charge in [-0.15, -0.1) is 0 Å². The summed E-state index contributed by atoms with van der Waals surface area (Å²) in [6, 6.07) is 6.06. The van der Waals surface area contributed by atoms with E-state index >= 15 is 0 Å². The molecule has 0 spiro atoms. The minimum Gasteiger partial charge on any atom is -0.496 e. The zero-order valence-corrected chi connectivity index (χ0v) is 21.5. The Labute approximate surface area is 222 Å². The number of carbonyl (C=O) groups excluding carboxylic acids is 1. The van der Waals surface area contributed by atoms with Crippen molar-refractivity contribution in [2.75, 3.05) is 20.3 Å². The molecular weight excluding hydrogens is 528 g/mol. The van der Waals surface area contributed by atoms with Crippen molar-refractivity contribution in [3.05, 3.63) is 69.8 Å². The van der Waals surface area contributed by atoms with Crippen molar-refractivity contribution in [2.24, 2.45) is 0 Å². The van der Waals surface area contributed by atoms with Crippen molar-refractivity contribution in [2.45, 2.75) is 63.5 Å². The van der Waals surface area contributed by atoms with E-state index in [9.17, 15) is 36.2 Å². The fraction of sp³-hybridized carbons (Fsp3) is 0.464. The Morgan fingerprint density at radius 3 is 2.23 bits per heavy atom. The number of alkyl halides is 6. The van der Waals surface area contributed by atoms with Gasteiger partial charge in [-0.2, -0.15) is 26.3 Å². The van der Waals surface area contributed by atoms with Crippen molar-refractivity contribution < 1.29 is 45.7 Å². The van der Waals surface area contributed by atoms with E-state index in [0.717, 1.165) is 35.1 Å². The Morgan fingerprint density at radius 2 is 1.64 bits per heavy atom. The fourth-order valence-electron chi connectivity index (χ4n) is 5.25. The number of rotatable bonds is 7. The van der Waals surface area contributed by atoms with Crippen LogP contribution in [0.3, 0.4) is 0 Å². The number of methoxy groups -OCH3 is 1. The van der Waals surface area contributed by atoms with Crippen LogP contribution in [0.15, 0.2) is 42.0 Å². The maximum Gasteiger partial charge on any atom is 0.416 e. The van der Waals surface area contributed by atoms with Gasteiger partial charge < -0.3 is 14.6 Å². The van der Waals surface area contributed by atoms with Crippen LogP contribution in [0, 0.1) is 0 Å². The Morgan fingerprint density at radius 1 is 1.00 bits per heavy atom. The number of hydrogen-bond donors (Lipinski definition) is 1. The van der Waals surface area contributed by atoms with E-state index in [1.165, 1.54) is 4.90 Å². The second kappa shape index (κ2) is 11.1. The molecule has 0 saturated carbocycles. The first-order valence-electron chi connectivity index (χ1n) is 12.6. The highest BCUT2D eigenvalue weighted by molar-refractivity contribution is 5.77. The standard InChI is InChI=1S/C28H29F6NO4/c1-16-25(19-12-20(27(29,30)31)14-21(13-19)28(32,33)34)39-26(37)35(16)15-18-5-3-4-6-22(18)23-11-17(9-10-36)7-8-24(23)38-2/h7-8,11-14,16,25,36H,3-6,9-10,15H2,1-2H3/t16-,25-/m0/s1. The monoisotopic (exact) mass is 557 g/mol. The van der Waals surface area contributed by atoms with Gasteiger partial charge in [-0.3, -0.25) is 4.90 Å². The first kappa shape index (κ1) is 28.8. The van der Waals surface area contributed by atoms with E-state index in [1.807, 2.05) is 18.2 Å². The van der Waals surface area contributed by atoms with Crippen LogP contribution in [0.25, 0.3) is 5.57 Å². The van der Waals surface area contributed by atoms with Gasteiger partial charge in [0.05, 0.1) is 24.3 Å². The summed E-state index contributed by atoms with van der Waals surface area (Å²) in [7, 11) is 1.54. The lowest BCUT2D eigenvalue weighted by Crippen LogP contribution is -2.34. The van der Waals surface area contributed by atoms with Crippen LogP contribution < -0.4 is 4.74 Å². The highest BCUT2D eigenvalue weighted by atomic mass is 19.4. The van der Waals surface area contributed by atoms with Crippen molar-refractivity contribution in [3.8, 4) is 5.75 Å². The highest BCUT2D eigenvalue weighted by Crippen LogP contribution is 2.43. The topological polar surface area (TPSA) is 59.0 Å². The van der Waals surface area contributed by atoms with Crippen LogP contribution >= 0.6 is 0 Å². The van der Waals surface area contributed by atoms with Crippen LogP contribution in [0.1, 0.15) is 66.5 Å². The number of allylic oxidation sites excluding steroid dienone is 1. The number of ether oxygens (including phenoxy) is 2.